The second kappa shape index (κ2) is 7.72. The maximum atomic E-state index is 12.4. The number of carbonyl (C=O) groups is 2. The molecule has 0 saturated heterocycles. The van der Waals surface area contributed by atoms with Gasteiger partial charge in [-0.05, 0) is 37.3 Å². The third-order valence-corrected chi connectivity index (χ3v) is 5.86. The van der Waals surface area contributed by atoms with Crippen LogP contribution in [0.25, 0.3) is 10.2 Å². The number of hydrogen-bond donors (Lipinski definition) is 2. The number of nitrogens with zero attached hydrogens (tertiary/aromatic N) is 2. The fourth-order valence-electron chi connectivity index (χ4n) is 2.22. The average molecular weight is 402 g/mol. The first-order chi connectivity index (χ1) is 12.8. The number of nitrogens with one attached hydrogen (secondary N) is 1. The summed E-state index contributed by atoms with van der Waals surface area (Å²) in [6, 6.07) is 10.8. The highest BCUT2D eigenvalue weighted by Crippen LogP contribution is 2.34. The Morgan fingerprint density at radius 1 is 1.26 bits per heavy atom. The van der Waals surface area contributed by atoms with Crippen molar-refractivity contribution in [1.82, 2.24) is 4.98 Å². The molecule has 2 aromatic carbocycles. The predicted octanol–water partition coefficient (Wildman–Crippen LogP) is 3.42. The van der Waals surface area contributed by atoms with Crippen LogP contribution in [-0.2, 0) is 4.79 Å². The second-order valence-electron chi connectivity index (χ2n) is 5.58. The Kier molecular flexibility index (Phi) is 5.38. The van der Waals surface area contributed by atoms with Crippen LogP contribution in [0.2, 0.25) is 0 Å². The third-order valence-electron chi connectivity index (χ3n) is 3.65. The summed E-state index contributed by atoms with van der Waals surface area (Å²) in [5, 5.41) is 13.2. The molecule has 1 atom stereocenters. The van der Waals surface area contributed by atoms with Gasteiger partial charge in [-0.25, -0.2) is 4.98 Å². The fourth-order valence-corrected chi connectivity index (χ4v) is 4.47. The zero-order chi connectivity index (χ0) is 19.6. The van der Waals surface area contributed by atoms with Crippen LogP contribution in [0, 0.1) is 10.1 Å². The van der Waals surface area contributed by atoms with E-state index in [4.69, 9.17) is 5.73 Å². The van der Waals surface area contributed by atoms with Crippen LogP contribution in [0.1, 0.15) is 17.3 Å². The van der Waals surface area contributed by atoms with E-state index in [1.807, 2.05) is 0 Å². The summed E-state index contributed by atoms with van der Waals surface area (Å²) >= 11 is 2.57. The first kappa shape index (κ1) is 18.8. The van der Waals surface area contributed by atoms with Crippen molar-refractivity contribution in [3.05, 3.63) is 58.1 Å². The monoisotopic (exact) mass is 402 g/mol. The molecule has 3 N–H and O–H groups in total. The number of primary amides is 1. The van der Waals surface area contributed by atoms with Gasteiger partial charge in [0.1, 0.15) is 0 Å². The van der Waals surface area contributed by atoms with Crippen molar-refractivity contribution in [3.8, 4) is 0 Å². The average Bonchev–Trinajstić information content (AvgIpc) is 3.03. The number of carbonyl (C=O) groups excluding carboxylic acids is 2. The number of nitro groups is 1. The van der Waals surface area contributed by atoms with Gasteiger partial charge in [-0.1, -0.05) is 11.8 Å². The number of thioether (sulfide) groups is 1. The number of nitrogens with two attached hydrogens (primary N) is 1. The Labute approximate surface area is 161 Å². The number of fused-ring (bicyclic) bond motifs is 1. The maximum absolute atomic E-state index is 12.4. The van der Waals surface area contributed by atoms with Crippen LogP contribution in [0.4, 0.5) is 11.4 Å². The van der Waals surface area contributed by atoms with Crippen LogP contribution in [0.15, 0.2) is 46.8 Å². The van der Waals surface area contributed by atoms with E-state index in [0.29, 0.717) is 25.8 Å². The van der Waals surface area contributed by atoms with E-state index in [9.17, 15) is 19.7 Å². The highest BCUT2D eigenvalue weighted by Gasteiger charge is 2.18. The lowest BCUT2D eigenvalue weighted by Crippen LogP contribution is -2.22. The van der Waals surface area contributed by atoms with Crippen molar-refractivity contribution in [2.75, 3.05) is 5.32 Å². The van der Waals surface area contributed by atoms with E-state index < -0.39 is 16.1 Å². The van der Waals surface area contributed by atoms with E-state index in [-0.39, 0.29) is 11.6 Å². The van der Waals surface area contributed by atoms with Gasteiger partial charge in [0.05, 0.1) is 20.4 Å². The molecule has 27 heavy (non-hydrogen) atoms. The van der Waals surface area contributed by atoms with E-state index >= 15 is 0 Å². The normalized spacial score (nSPS) is 11.9. The van der Waals surface area contributed by atoms with Gasteiger partial charge in [-0.2, -0.15) is 0 Å². The number of non-ortho nitro benzene ring substituents is 1. The van der Waals surface area contributed by atoms with Gasteiger partial charge in [-0.3, -0.25) is 19.7 Å². The van der Waals surface area contributed by atoms with E-state index in [1.165, 1.54) is 47.4 Å². The zero-order valence-electron chi connectivity index (χ0n) is 14.0. The molecule has 2 amide bonds. The minimum absolute atomic E-state index is 0.00731. The molecule has 8 nitrogen and oxygen atoms in total. The predicted molar refractivity (Wildman–Crippen MR) is 105 cm³/mol. The lowest BCUT2D eigenvalue weighted by atomic mass is 10.2. The molecule has 3 rings (SSSR count). The standard InChI is InChI=1S/C17H14N4O4S2/c1-9(16(23)19-11-4-2-10(3-5-11)15(18)22)26-17-20-13-7-6-12(21(24)25)8-14(13)27-17/h2-9H,1H3,(H2,18,22)(H,19,23)/t9-/m0/s1. The van der Waals surface area contributed by atoms with Crippen LogP contribution in [0.5, 0.6) is 0 Å². The highest BCUT2D eigenvalue weighted by molar-refractivity contribution is 8.02. The number of nitro benzene ring substituents is 1. The molecule has 0 fully saturated rings. The second-order valence-corrected chi connectivity index (χ2v) is 8.20. The van der Waals surface area contributed by atoms with E-state index in [0.717, 1.165) is 0 Å². The van der Waals surface area contributed by atoms with Crippen molar-refractivity contribution in [2.24, 2.45) is 5.73 Å². The SMILES string of the molecule is C[C@H](Sc1nc2ccc([N+](=O)[O-])cc2s1)C(=O)Nc1ccc(C(N)=O)cc1. The minimum atomic E-state index is -0.534. The number of hydrogen-bond acceptors (Lipinski definition) is 7. The number of aromatic nitrogens is 1. The molecule has 3 aromatic rings. The number of benzene rings is 2. The Balaban J connectivity index is 1.67. The van der Waals surface area contributed by atoms with Gasteiger partial charge in [0.15, 0.2) is 4.34 Å². The summed E-state index contributed by atoms with van der Waals surface area (Å²) in [6.45, 7) is 1.74. The smallest absolute Gasteiger partial charge is 0.270 e. The Morgan fingerprint density at radius 2 is 1.96 bits per heavy atom. The van der Waals surface area contributed by atoms with Crippen LogP contribution in [-0.4, -0.2) is 27.0 Å². The highest BCUT2D eigenvalue weighted by atomic mass is 32.2. The molecule has 10 heteroatoms. The molecule has 0 bridgehead atoms. The van der Waals surface area contributed by atoms with Crippen molar-refractivity contribution in [3.63, 3.8) is 0 Å². The van der Waals surface area contributed by atoms with Crippen LogP contribution < -0.4 is 11.1 Å². The third kappa shape index (κ3) is 4.41. The van der Waals surface area contributed by atoms with Crippen molar-refractivity contribution in [2.45, 2.75) is 16.5 Å². The van der Waals surface area contributed by atoms with Gasteiger partial charge in [-0.15, -0.1) is 11.3 Å². The van der Waals surface area contributed by atoms with Gasteiger partial charge < -0.3 is 11.1 Å². The maximum Gasteiger partial charge on any atom is 0.270 e. The Morgan fingerprint density at radius 3 is 2.59 bits per heavy atom. The van der Waals surface area contributed by atoms with E-state index in [1.54, 1.807) is 25.1 Å². The first-order valence-electron chi connectivity index (χ1n) is 7.76. The molecule has 0 radical (unpaired) electrons. The summed E-state index contributed by atoms with van der Waals surface area (Å²) in [4.78, 5) is 38.2. The first-order valence-corrected chi connectivity index (χ1v) is 9.45. The number of anilines is 1. The molecule has 0 saturated carbocycles. The van der Waals surface area contributed by atoms with Gasteiger partial charge in [0, 0.05) is 23.4 Å². The Hall–Kier alpha value is -2.98. The van der Waals surface area contributed by atoms with Gasteiger partial charge >= 0.3 is 0 Å². The van der Waals surface area contributed by atoms with Crippen molar-refractivity contribution < 1.29 is 14.5 Å². The lowest BCUT2D eigenvalue weighted by molar-refractivity contribution is -0.384. The molecule has 0 aliphatic rings. The minimum Gasteiger partial charge on any atom is -0.366 e. The molecule has 0 unspecified atom stereocenters. The molecule has 0 aliphatic carbocycles. The quantitative estimate of drug-likeness (QED) is 0.369. The lowest BCUT2D eigenvalue weighted by Gasteiger charge is -2.10. The topological polar surface area (TPSA) is 128 Å². The van der Waals surface area contributed by atoms with E-state index in [2.05, 4.69) is 10.3 Å². The molecular formula is C17H14N4O4S2. The molecule has 0 aliphatic heterocycles. The molecule has 138 valence electrons. The number of thiazole rings is 1. The molecule has 1 aromatic heterocycles. The Bertz CT molecular complexity index is 1030. The zero-order valence-corrected chi connectivity index (χ0v) is 15.7. The van der Waals surface area contributed by atoms with Crippen molar-refractivity contribution >= 4 is 56.5 Å². The van der Waals surface area contributed by atoms with Gasteiger partial charge in [0.2, 0.25) is 11.8 Å². The summed E-state index contributed by atoms with van der Waals surface area (Å²) in [6.07, 6.45) is 0. The number of amides is 2. The number of rotatable bonds is 6. The fraction of sp³-hybridized carbons (Fsp3) is 0.118. The molecule has 1 heterocycles. The summed E-state index contributed by atoms with van der Waals surface area (Å²) in [7, 11) is 0. The van der Waals surface area contributed by atoms with Crippen LogP contribution >= 0.6 is 23.1 Å². The largest absolute Gasteiger partial charge is 0.366 e. The molecule has 0 spiro atoms. The van der Waals surface area contributed by atoms with Crippen LogP contribution in [0.3, 0.4) is 0 Å². The summed E-state index contributed by atoms with van der Waals surface area (Å²) in [5.74, 6) is -0.759. The summed E-state index contributed by atoms with van der Waals surface area (Å²) in [5.41, 5.74) is 6.76. The van der Waals surface area contributed by atoms with Gasteiger partial charge in [0.25, 0.3) is 5.69 Å². The van der Waals surface area contributed by atoms with Crippen molar-refractivity contribution in [1.29, 1.82) is 0 Å². The molecular weight excluding hydrogens is 388 g/mol. The summed E-state index contributed by atoms with van der Waals surface area (Å²) < 4.78 is 1.35.